The largest absolute Gasteiger partial charge is 0.413 e. The van der Waals surface area contributed by atoms with Crippen molar-refractivity contribution in [3.63, 3.8) is 0 Å². The number of benzene rings is 1. The summed E-state index contributed by atoms with van der Waals surface area (Å²) in [5, 5.41) is 0.0697. The number of amides is 2. The van der Waals surface area contributed by atoms with E-state index < -0.39 is 8.32 Å². The van der Waals surface area contributed by atoms with Crippen molar-refractivity contribution in [1.82, 2.24) is 4.90 Å². The Hall–Kier alpha value is -1.46. The molecule has 0 saturated carbocycles. The second-order valence-electron chi connectivity index (χ2n) is 7.77. The van der Waals surface area contributed by atoms with Gasteiger partial charge in [0.25, 0.3) is 0 Å². The van der Waals surface area contributed by atoms with E-state index in [1.807, 2.05) is 30.3 Å². The molecular weight excluding hydrogens is 306 g/mol. The molecule has 126 valence electrons. The quantitative estimate of drug-likeness (QED) is 0.623. The monoisotopic (exact) mass is 333 g/mol. The first kappa shape index (κ1) is 17.9. The Morgan fingerprint density at radius 3 is 2.09 bits per heavy atom. The van der Waals surface area contributed by atoms with Gasteiger partial charge in [0.2, 0.25) is 11.8 Å². The van der Waals surface area contributed by atoms with Crippen LogP contribution in [-0.2, 0) is 20.6 Å². The van der Waals surface area contributed by atoms with Gasteiger partial charge in [0.1, 0.15) is 0 Å². The van der Waals surface area contributed by atoms with Crippen molar-refractivity contribution in [1.29, 1.82) is 0 Å². The van der Waals surface area contributed by atoms with Crippen molar-refractivity contribution < 1.29 is 14.0 Å². The van der Waals surface area contributed by atoms with Crippen molar-refractivity contribution in [3.8, 4) is 0 Å². The summed E-state index contributed by atoms with van der Waals surface area (Å²) < 4.78 is 6.25. The second kappa shape index (κ2) is 6.57. The van der Waals surface area contributed by atoms with Gasteiger partial charge in [-0.2, -0.15) is 0 Å². The molecule has 1 saturated heterocycles. The number of carbonyl (C=O) groups excluding carboxylic acids is 2. The smallest absolute Gasteiger partial charge is 0.232 e. The summed E-state index contributed by atoms with van der Waals surface area (Å²) in [5.74, 6) is -0.261. The van der Waals surface area contributed by atoms with Crippen LogP contribution >= 0.6 is 0 Å². The van der Waals surface area contributed by atoms with Crippen LogP contribution in [0, 0.1) is 0 Å². The molecule has 1 aromatic carbocycles. The molecule has 0 N–H and O–H groups in total. The molecule has 0 radical (unpaired) electrons. The third-order valence-corrected chi connectivity index (χ3v) is 9.39. The first-order valence-electron chi connectivity index (χ1n) is 8.15. The molecule has 2 amide bonds. The molecule has 0 aliphatic carbocycles. The molecule has 0 atom stereocenters. The maximum absolute atomic E-state index is 12.4. The molecule has 1 heterocycles. The molecule has 1 aliphatic rings. The molecule has 5 heteroatoms. The van der Waals surface area contributed by atoms with Crippen molar-refractivity contribution in [2.75, 3.05) is 0 Å². The number of imide groups is 1. The van der Waals surface area contributed by atoms with E-state index in [4.69, 9.17) is 4.43 Å². The van der Waals surface area contributed by atoms with E-state index in [0.717, 1.165) is 5.56 Å². The fraction of sp³-hybridized carbons (Fsp3) is 0.556. The van der Waals surface area contributed by atoms with Crippen LogP contribution in [0.15, 0.2) is 30.3 Å². The lowest BCUT2D eigenvalue weighted by molar-refractivity contribution is -0.152. The second-order valence-corrected chi connectivity index (χ2v) is 12.5. The van der Waals surface area contributed by atoms with E-state index in [1.165, 1.54) is 4.90 Å². The molecular formula is C18H27NO3Si. The van der Waals surface area contributed by atoms with Gasteiger partial charge in [-0.15, -0.1) is 0 Å². The van der Waals surface area contributed by atoms with Gasteiger partial charge in [-0.25, -0.2) is 0 Å². The first-order chi connectivity index (χ1) is 10.6. The molecule has 0 spiro atoms. The summed E-state index contributed by atoms with van der Waals surface area (Å²) in [6, 6.07) is 9.61. The average Bonchev–Trinajstić information content (AvgIpc) is 2.42. The van der Waals surface area contributed by atoms with Crippen LogP contribution in [0.1, 0.15) is 39.2 Å². The van der Waals surface area contributed by atoms with Crippen LogP contribution in [0.3, 0.4) is 0 Å². The topological polar surface area (TPSA) is 46.6 Å². The Morgan fingerprint density at radius 1 is 1.09 bits per heavy atom. The zero-order valence-electron chi connectivity index (χ0n) is 14.8. The lowest BCUT2D eigenvalue weighted by Gasteiger charge is -2.41. The van der Waals surface area contributed by atoms with Crippen LogP contribution in [0.25, 0.3) is 0 Å². The summed E-state index contributed by atoms with van der Waals surface area (Å²) >= 11 is 0. The summed E-state index contributed by atoms with van der Waals surface area (Å²) in [6.07, 6.45) is 0.318. The highest BCUT2D eigenvalue weighted by Crippen LogP contribution is 2.38. The number of rotatable bonds is 4. The number of hydrogen-bond acceptors (Lipinski definition) is 3. The molecule has 2 rings (SSSR count). The van der Waals surface area contributed by atoms with Crippen LogP contribution in [-0.4, -0.2) is 31.1 Å². The molecule has 1 aliphatic heterocycles. The van der Waals surface area contributed by atoms with Crippen molar-refractivity contribution >= 4 is 20.1 Å². The molecule has 1 aromatic rings. The van der Waals surface area contributed by atoms with Crippen LogP contribution in [0.5, 0.6) is 0 Å². The molecule has 0 aromatic heterocycles. The van der Waals surface area contributed by atoms with Crippen LogP contribution in [0.2, 0.25) is 18.1 Å². The van der Waals surface area contributed by atoms with Gasteiger partial charge in [-0.05, 0) is 23.7 Å². The molecule has 1 fully saturated rings. The molecule has 4 nitrogen and oxygen atoms in total. The maximum atomic E-state index is 12.4. The SMILES string of the molecule is CC(C)(C)[Si](C)(C)OC1CC(=O)N(Cc2ccccc2)C(=O)C1. The van der Waals surface area contributed by atoms with E-state index in [9.17, 15) is 9.59 Å². The van der Waals surface area contributed by atoms with Gasteiger partial charge >= 0.3 is 0 Å². The van der Waals surface area contributed by atoms with Gasteiger partial charge in [0, 0.05) is 0 Å². The third-order valence-electron chi connectivity index (χ3n) is 4.86. The van der Waals surface area contributed by atoms with Crippen molar-refractivity contribution in [2.45, 2.75) is 64.4 Å². The Morgan fingerprint density at radius 2 is 1.61 bits per heavy atom. The predicted molar refractivity (Wildman–Crippen MR) is 93.3 cm³/mol. The molecule has 0 unspecified atom stereocenters. The Balaban J connectivity index is 2.02. The minimum Gasteiger partial charge on any atom is -0.413 e. The lowest BCUT2D eigenvalue weighted by Crippen LogP contribution is -2.50. The number of nitrogens with zero attached hydrogens (tertiary/aromatic N) is 1. The minimum atomic E-state index is -1.97. The minimum absolute atomic E-state index is 0.0697. The molecule has 0 bridgehead atoms. The predicted octanol–water partition coefficient (Wildman–Crippen LogP) is 3.73. The number of carbonyl (C=O) groups is 2. The summed E-state index contributed by atoms with van der Waals surface area (Å²) in [4.78, 5) is 26.2. The Bertz CT molecular complexity index is 560. The highest BCUT2D eigenvalue weighted by molar-refractivity contribution is 6.74. The van der Waals surface area contributed by atoms with Gasteiger partial charge in [0.05, 0.1) is 25.5 Å². The van der Waals surface area contributed by atoms with Crippen molar-refractivity contribution in [3.05, 3.63) is 35.9 Å². The third kappa shape index (κ3) is 4.29. The van der Waals surface area contributed by atoms with Gasteiger partial charge in [-0.1, -0.05) is 51.1 Å². The summed E-state index contributed by atoms with van der Waals surface area (Å²) in [5.41, 5.74) is 0.970. The van der Waals surface area contributed by atoms with E-state index in [0.29, 0.717) is 19.4 Å². The average molecular weight is 334 g/mol. The fourth-order valence-electron chi connectivity index (χ4n) is 2.44. The highest BCUT2D eigenvalue weighted by atomic mass is 28.4. The van der Waals surface area contributed by atoms with Gasteiger partial charge in [-0.3, -0.25) is 14.5 Å². The Kier molecular flexibility index (Phi) is 5.11. The van der Waals surface area contributed by atoms with Gasteiger partial charge in [0.15, 0.2) is 8.32 Å². The molecule has 23 heavy (non-hydrogen) atoms. The summed E-state index contributed by atoms with van der Waals surface area (Å²) in [7, 11) is -1.97. The first-order valence-corrected chi connectivity index (χ1v) is 11.1. The van der Waals surface area contributed by atoms with Crippen molar-refractivity contribution in [2.24, 2.45) is 0 Å². The highest BCUT2D eigenvalue weighted by Gasteiger charge is 2.42. The zero-order valence-corrected chi connectivity index (χ0v) is 15.8. The Labute approximate surface area is 140 Å². The van der Waals surface area contributed by atoms with E-state index in [1.54, 1.807) is 0 Å². The van der Waals surface area contributed by atoms with E-state index >= 15 is 0 Å². The number of hydrogen-bond donors (Lipinski definition) is 0. The van der Waals surface area contributed by atoms with Crippen LogP contribution < -0.4 is 0 Å². The number of likely N-dealkylation sites (tertiary alicyclic amines) is 1. The summed E-state index contributed by atoms with van der Waals surface area (Å²) in [6.45, 7) is 11.1. The zero-order chi connectivity index (χ0) is 17.3. The van der Waals surface area contributed by atoms with E-state index in [-0.39, 0.29) is 23.0 Å². The standard InChI is InChI=1S/C18H27NO3Si/c1-18(2,3)23(4,5)22-15-11-16(20)19(17(21)12-15)13-14-9-7-6-8-10-14/h6-10,15H,11-13H2,1-5H3. The fourth-order valence-corrected chi connectivity index (χ4v) is 3.79. The van der Waals surface area contributed by atoms with Crippen LogP contribution in [0.4, 0.5) is 0 Å². The maximum Gasteiger partial charge on any atom is 0.232 e. The number of piperidine rings is 1. The van der Waals surface area contributed by atoms with E-state index in [2.05, 4.69) is 33.9 Å². The lowest BCUT2D eigenvalue weighted by atomic mass is 10.1. The normalized spacial score (nSPS) is 17.7. The van der Waals surface area contributed by atoms with Gasteiger partial charge < -0.3 is 4.43 Å².